The smallest absolute Gasteiger partial charge is 0.242 e. The van der Waals surface area contributed by atoms with E-state index in [1.165, 1.54) is 0 Å². The predicted molar refractivity (Wildman–Crippen MR) is 63.0 cm³/mol. The summed E-state index contributed by atoms with van der Waals surface area (Å²) in [7, 11) is 0. The van der Waals surface area contributed by atoms with E-state index in [-0.39, 0.29) is 17.3 Å². The molecule has 1 aromatic heterocycles. The third kappa shape index (κ3) is 4.76. The summed E-state index contributed by atoms with van der Waals surface area (Å²) >= 11 is 0. The van der Waals surface area contributed by atoms with E-state index in [9.17, 15) is 9.18 Å². The number of rotatable bonds is 3. The third-order valence-corrected chi connectivity index (χ3v) is 1.89. The maximum absolute atomic E-state index is 12.8. The lowest BCUT2D eigenvalue weighted by Gasteiger charge is -2.23. The van der Waals surface area contributed by atoms with Crippen LogP contribution in [-0.4, -0.2) is 27.5 Å². The number of nitrogens with one attached hydrogen (secondary N) is 2. The minimum absolute atomic E-state index is 0.170. The van der Waals surface area contributed by atoms with Crippen LogP contribution in [0.2, 0.25) is 0 Å². The van der Waals surface area contributed by atoms with Crippen molar-refractivity contribution in [3.8, 4) is 0 Å². The first-order chi connectivity index (χ1) is 7.78. The summed E-state index contributed by atoms with van der Waals surface area (Å²) < 4.78 is 12.8. The number of amides is 1. The highest BCUT2D eigenvalue weighted by Gasteiger charge is 2.19. The van der Waals surface area contributed by atoms with Crippen LogP contribution in [0.4, 0.5) is 10.2 Å². The molecule has 1 heterocycles. The van der Waals surface area contributed by atoms with E-state index in [2.05, 4.69) is 20.6 Å². The fourth-order valence-corrected chi connectivity index (χ4v) is 1.18. The molecule has 0 saturated heterocycles. The molecule has 1 unspecified atom stereocenters. The van der Waals surface area contributed by atoms with E-state index in [0.29, 0.717) is 0 Å². The Balaban J connectivity index is 2.60. The van der Waals surface area contributed by atoms with Crippen LogP contribution in [-0.2, 0) is 4.79 Å². The zero-order valence-corrected chi connectivity index (χ0v) is 10.4. The van der Waals surface area contributed by atoms with Crippen molar-refractivity contribution in [3.05, 3.63) is 18.3 Å². The molecule has 1 amide bonds. The molecule has 1 aromatic rings. The number of carbonyl (C=O) groups excluding carboxylic acids is 1. The Kier molecular flexibility index (Phi) is 3.98. The maximum Gasteiger partial charge on any atom is 0.242 e. The van der Waals surface area contributed by atoms with Gasteiger partial charge >= 0.3 is 0 Å². The molecule has 94 valence electrons. The highest BCUT2D eigenvalue weighted by atomic mass is 19.1. The number of hydrogen-bond acceptors (Lipinski definition) is 4. The van der Waals surface area contributed by atoms with Crippen LogP contribution in [0.15, 0.2) is 12.4 Å². The van der Waals surface area contributed by atoms with Gasteiger partial charge < -0.3 is 10.6 Å². The number of hydrogen-bond donors (Lipinski definition) is 2. The first kappa shape index (κ1) is 13.3. The van der Waals surface area contributed by atoms with Gasteiger partial charge in [-0.2, -0.15) is 4.39 Å². The van der Waals surface area contributed by atoms with Crippen molar-refractivity contribution >= 4 is 11.7 Å². The minimum atomic E-state index is -0.633. The van der Waals surface area contributed by atoms with Crippen molar-refractivity contribution in [1.29, 1.82) is 0 Å². The fourth-order valence-electron chi connectivity index (χ4n) is 1.18. The average molecular weight is 240 g/mol. The van der Waals surface area contributed by atoms with Gasteiger partial charge in [0, 0.05) is 11.6 Å². The Labute approximate surface area is 99.9 Å². The predicted octanol–water partition coefficient (Wildman–Crippen LogP) is 1.33. The van der Waals surface area contributed by atoms with E-state index in [1.54, 1.807) is 6.92 Å². The topological polar surface area (TPSA) is 66.9 Å². The Morgan fingerprint density at radius 2 is 2.06 bits per heavy atom. The molecule has 0 aliphatic carbocycles. The van der Waals surface area contributed by atoms with Crippen molar-refractivity contribution < 1.29 is 9.18 Å². The van der Waals surface area contributed by atoms with Crippen LogP contribution in [0.5, 0.6) is 0 Å². The zero-order chi connectivity index (χ0) is 13.1. The van der Waals surface area contributed by atoms with Gasteiger partial charge in [0.05, 0.1) is 0 Å². The van der Waals surface area contributed by atoms with E-state index in [4.69, 9.17) is 0 Å². The standard InChI is InChI=1S/C11H17FN4O/c1-7(10(17)16-11(2,3)4)15-9-5-8(12)13-6-14-9/h5-7H,1-4H3,(H,16,17)(H,13,14,15). The summed E-state index contributed by atoms with van der Waals surface area (Å²) in [6, 6.07) is 0.643. The first-order valence-corrected chi connectivity index (χ1v) is 5.34. The molecule has 5 nitrogen and oxygen atoms in total. The quantitative estimate of drug-likeness (QED) is 0.782. The van der Waals surface area contributed by atoms with Crippen LogP contribution in [0.3, 0.4) is 0 Å². The molecule has 6 heteroatoms. The van der Waals surface area contributed by atoms with Gasteiger partial charge in [0.15, 0.2) is 0 Å². The molecule has 1 rings (SSSR count). The van der Waals surface area contributed by atoms with Gasteiger partial charge in [-0.1, -0.05) is 0 Å². The Morgan fingerprint density at radius 3 is 2.59 bits per heavy atom. The number of halogens is 1. The second-order valence-electron chi connectivity index (χ2n) is 4.83. The van der Waals surface area contributed by atoms with E-state index in [1.807, 2.05) is 20.8 Å². The third-order valence-electron chi connectivity index (χ3n) is 1.89. The Hall–Kier alpha value is -1.72. The largest absolute Gasteiger partial charge is 0.358 e. The van der Waals surface area contributed by atoms with E-state index in [0.717, 1.165) is 12.4 Å². The van der Waals surface area contributed by atoms with Gasteiger partial charge in [-0.05, 0) is 27.7 Å². The zero-order valence-electron chi connectivity index (χ0n) is 10.4. The summed E-state index contributed by atoms with van der Waals surface area (Å²) in [6.45, 7) is 7.35. The molecule has 0 spiro atoms. The number of carbonyl (C=O) groups is 1. The molecular weight excluding hydrogens is 223 g/mol. The molecule has 0 aromatic carbocycles. The van der Waals surface area contributed by atoms with Crippen molar-refractivity contribution in [2.45, 2.75) is 39.3 Å². The molecule has 0 fully saturated rings. The summed E-state index contributed by atoms with van der Waals surface area (Å²) in [6.07, 6.45) is 1.10. The molecule has 0 bridgehead atoms. The second kappa shape index (κ2) is 5.07. The highest BCUT2D eigenvalue weighted by molar-refractivity contribution is 5.84. The lowest BCUT2D eigenvalue weighted by atomic mass is 10.1. The summed E-state index contributed by atoms with van der Waals surface area (Å²) in [5.41, 5.74) is -0.302. The summed E-state index contributed by atoms with van der Waals surface area (Å²) in [5, 5.41) is 5.62. The number of anilines is 1. The van der Waals surface area contributed by atoms with E-state index >= 15 is 0 Å². The van der Waals surface area contributed by atoms with Crippen molar-refractivity contribution in [2.24, 2.45) is 0 Å². The van der Waals surface area contributed by atoms with Gasteiger partial charge in [0.2, 0.25) is 11.9 Å². The van der Waals surface area contributed by atoms with Gasteiger partial charge in [-0.15, -0.1) is 0 Å². The Bertz CT molecular complexity index is 403. The number of aromatic nitrogens is 2. The maximum atomic E-state index is 12.8. The van der Waals surface area contributed by atoms with Gasteiger partial charge in [-0.25, -0.2) is 9.97 Å². The van der Waals surface area contributed by atoms with Crippen molar-refractivity contribution in [3.63, 3.8) is 0 Å². The minimum Gasteiger partial charge on any atom is -0.358 e. The van der Waals surface area contributed by atoms with Gasteiger partial charge in [0.1, 0.15) is 18.2 Å². The molecule has 1 atom stereocenters. The normalized spacial score (nSPS) is 13.0. The summed E-state index contributed by atoms with van der Waals surface area (Å²) in [5.74, 6) is -0.517. The highest BCUT2D eigenvalue weighted by Crippen LogP contribution is 2.06. The first-order valence-electron chi connectivity index (χ1n) is 5.34. The van der Waals surface area contributed by atoms with Crippen LogP contribution in [0.25, 0.3) is 0 Å². The monoisotopic (exact) mass is 240 g/mol. The second-order valence-corrected chi connectivity index (χ2v) is 4.83. The van der Waals surface area contributed by atoms with E-state index < -0.39 is 12.0 Å². The molecule has 0 radical (unpaired) electrons. The lowest BCUT2D eigenvalue weighted by molar-refractivity contribution is -0.122. The fraction of sp³-hybridized carbons (Fsp3) is 0.545. The van der Waals surface area contributed by atoms with Crippen molar-refractivity contribution in [2.75, 3.05) is 5.32 Å². The molecular formula is C11H17FN4O. The molecule has 0 aliphatic rings. The number of nitrogens with zero attached hydrogens (tertiary/aromatic N) is 2. The molecule has 0 saturated carbocycles. The molecule has 0 aliphatic heterocycles. The molecule has 17 heavy (non-hydrogen) atoms. The van der Waals surface area contributed by atoms with Crippen LogP contribution < -0.4 is 10.6 Å². The SMILES string of the molecule is CC(Nc1cc(F)ncn1)C(=O)NC(C)(C)C. The van der Waals surface area contributed by atoms with Crippen LogP contribution in [0.1, 0.15) is 27.7 Å². The lowest BCUT2D eigenvalue weighted by Crippen LogP contribution is -2.47. The Morgan fingerprint density at radius 1 is 1.41 bits per heavy atom. The van der Waals surface area contributed by atoms with Crippen LogP contribution >= 0.6 is 0 Å². The molecule has 2 N–H and O–H groups in total. The van der Waals surface area contributed by atoms with Gasteiger partial charge in [0.25, 0.3) is 0 Å². The van der Waals surface area contributed by atoms with Crippen molar-refractivity contribution in [1.82, 2.24) is 15.3 Å². The summed E-state index contributed by atoms with van der Waals surface area (Å²) in [4.78, 5) is 18.9. The van der Waals surface area contributed by atoms with Gasteiger partial charge in [-0.3, -0.25) is 4.79 Å². The van der Waals surface area contributed by atoms with Crippen LogP contribution in [0, 0.1) is 5.95 Å². The average Bonchev–Trinajstić information content (AvgIpc) is 2.14.